The van der Waals surface area contributed by atoms with Crippen molar-refractivity contribution >= 4 is 31.6 Å². The molecule has 1 rings (SSSR count). The van der Waals surface area contributed by atoms with Gasteiger partial charge in [0.1, 0.15) is 27.9 Å². The average Bonchev–Trinajstić information content (AvgIpc) is 2.02. The van der Waals surface area contributed by atoms with Crippen molar-refractivity contribution in [2.75, 3.05) is 12.5 Å². The van der Waals surface area contributed by atoms with Crippen molar-refractivity contribution in [3.63, 3.8) is 0 Å². The highest BCUT2D eigenvalue weighted by Crippen LogP contribution is 2.15. The van der Waals surface area contributed by atoms with Crippen molar-refractivity contribution in [2.45, 2.75) is 0 Å². The van der Waals surface area contributed by atoms with Gasteiger partial charge in [0.05, 0.1) is 0 Å². The van der Waals surface area contributed by atoms with Gasteiger partial charge in [-0.05, 0) is 17.7 Å². The minimum atomic E-state index is -2.12. The highest BCUT2D eigenvalue weighted by atomic mass is 79.9. The molecule has 0 bridgehead atoms. The van der Waals surface area contributed by atoms with Gasteiger partial charge >= 0.3 is 0 Å². The molecule has 2 nitrogen and oxygen atoms in total. The summed E-state index contributed by atoms with van der Waals surface area (Å²) < 4.78 is 12.3. The molecule has 0 atom stereocenters. The molecule has 0 unspecified atom stereocenters. The third-order valence-electron chi connectivity index (χ3n) is 1.52. The van der Waals surface area contributed by atoms with E-state index in [0.29, 0.717) is 5.56 Å². The van der Waals surface area contributed by atoms with Crippen LogP contribution in [-0.2, 0) is 14.1 Å². The zero-order valence-corrected chi connectivity index (χ0v) is 10.4. The largest absolute Gasteiger partial charge is 0.869 e. The first kappa shape index (κ1) is 11.5. The van der Waals surface area contributed by atoms with Crippen molar-refractivity contribution in [1.29, 1.82) is 0 Å². The van der Waals surface area contributed by atoms with Gasteiger partial charge in [-0.2, -0.15) is 0 Å². The van der Waals surface area contributed by atoms with Gasteiger partial charge in [-0.25, -0.2) is 0 Å². The molecule has 0 aromatic heterocycles. The molecule has 0 fully saturated rings. The Balaban J connectivity index is 3.01. The van der Waals surface area contributed by atoms with Gasteiger partial charge in [0, 0.05) is 4.47 Å². The molecule has 0 heterocycles. The van der Waals surface area contributed by atoms with Crippen LogP contribution in [-0.4, -0.2) is 12.5 Å². The molecule has 1 aromatic carbocycles. The summed E-state index contributed by atoms with van der Waals surface area (Å²) in [5.74, 6) is -0.187. The first-order chi connectivity index (χ1) is 6.38. The lowest BCUT2D eigenvalue weighted by atomic mass is 10.2. The van der Waals surface area contributed by atoms with Crippen LogP contribution in [0.15, 0.2) is 34.1 Å². The first-order valence-corrected chi connectivity index (χ1v) is 7.20. The van der Waals surface area contributed by atoms with Crippen LogP contribution in [0.5, 0.6) is 0 Å². The second-order valence-corrected chi connectivity index (χ2v) is 7.07. The highest BCUT2D eigenvalue weighted by molar-refractivity contribution is 9.10. The molecule has 0 spiro atoms. The molecule has 1 aromatic rings. The summed E-state index contributed by atoms with van der Waals surface area (Å²) >= 11 is 3.28. The zero-order chi connectivity index (χ0) is 10.8. The number of hydrogen-bond acceptors (Lipinski definition) is 2. The van der Waals surface area contributed by atoms with Crippen molar-refractivity contribution in [3.05, 3.63) is 39.7 Å². The van der Waals surface area contributed by atoms with E-state index in [4.69, 9.17) is 0 Å². The predicted molar refractivity (Wildman–Crippen MR) is 62.0 cm³/mol. The first-order valence-electron chi connectivity index (χ1n) is 3.97. The Morgan fingerprint density at radius 2 is 1.86 bits per heavy atom. The van der Waals surface area contributed by atoms with Gasteiger partial charge in [-0.15, -0.1) is 4.21 Å². The van der Waals surface area contributed by atoms with Gasteiger partial charge in [-0.3, -0.25) is 0 Å². The highest BCUT2D eigenvalue weighted by Gasteiger charge is 2.07. The summed E-state index contributed by atoms with van der Waals surface area (Å²) in [6.07, 6.45) is 3.09. The van der Waals surface area contributed by atoms with Crippen molar-refractivity contribution < 1.29 is 9.32 Å². The lowest BCUT2D eigenvalue weighted by molar-refractivity contribution is -0.243. The minimum absolute atomic E-state index is 0.187. The molecular formula is C10H11BrO2S. The van der Waals surface area contributed by atoms with Crippen molar-refractivity contribution in [1.82, 2.24) is 0 Å². The summed E-state index contributed by atoms with van der Waals surface area (Å²) in [5, 5.41) is 12.8. The number of hydrogen-bond donors (Lipinski definition) is 0. The fourth-order valence-electron chi connectivity index (χ4n) is 0.940. The molecular weight excluding hydrogens is 264 g/mol. The van der Waals surface area contributed by atoms with E-state index >= 15 is 0 Å². The van der Waals surface area contributed by atoms with Crippen LogP contribution in [0.2, 0.25) is 0 Å². The average molecular weight is 275 g/mol. The van der Waals surface area contributed by atoms with E-state index in [0.717, 1.165) is 4.47 Å². The molecule has 4 heteroatoms. The number of rotatable bonds is 2. The second kappa shape index (κ2) is 4.28. The predicted octanol–water partition coefficient (Wildman–Crippen LogP) is 1.87. The van der Waals surface area contributed by atoms with Crippen LogP contribution < -0.4 is 5.11 Å². The smallest absolute Gasteiger partial charge is 0.114 e. The maximum atomic E-state index is 11.5. The summed E-state index contributed by atoms with van der Waals surface area (Å²) in [4.78, 5) is 0. The van der Waals surface area contributed by atoms with E-state index in [1.54, 1.807) is 36.8 Å². The third-order valence-corrected chi connectivity index (χ3v) is 2.83. The van der Waals surface area contributed by atoms with Crippen molar-refractivity contribution in [3.8, 4) is 0 Å². The summed E-state index contributed by atoms with van der Waals surface area (Å²) in [6.45, 7) is 0. The Bertz CT molecular complexity index is 389. The molecule has 0 aliphatic rings. The fraction of sp³-hybridized carbons (Fsp3) is 0.200. The van der Waals surface area contributed by atoms with E-state index in [1.807, 2.05) is 0 Å². The third kappa shape index (κ3) is 3.64. The Morgan fingerprint density at radius 3 is 2.29 bits per heavy atom. The van der Waals surface area contributed by atoms with E-state index < -0.39 is 9.93 Å². The van der Waals surface area contributed by atoms with E-state index in [2.05, 4.69) is 15.9 Å². The van der Waals surface area contributed by atoms with Crippen molar-refractivity contribution in [2.24, 2.45) is 0 Å². The molecule has 0 aliphatic heterocycles. The molecule has 0 radical (unpaired) electrons. The maximum absolute atomic E-state index is 11.5. The summed E-state index contributed by atoms with van der Waals surface area (Å²) in [6, 6.07) is 6.98. The van der Waals surface area contributed by atoms with Gasteiger partial charge < -0.3 is 5.11 Å². The van der Waals surface area contributed by atoms with E-state index in [9.17, 15) is 9.32 Å². The fourth-order valence-corrected chi connectivity index (χ4v) is 1.86. The lowest BCUT2D eigenvalue weighted by Gasteiger charge is -2.10. The Labute approximate surface area is 93.2 Å². The molecule has 0 saturated carbocycles. The second-order valence-electron chi connectivity index (χ2n) is 3.30. The number of halogens is 1. The van der Waals surface area contributed by atoms with Gasteiger partial charge in [0.2, 0.25) is 0 Å². The SMILES string of the molecule is C[S+](C)(=O)/C=C(\[O-])c1ccc(Br)cc1. The van der Waals surface area contributed by atoms with E-state index in [1.165, 1.54) is 5.41 Å². The van der Waals surface area contributed by atoms with E-state index in [-0.39, 0.29) is 5.76 Å². The Hall–Kier alpha value is -0.610. The minimum Gasteiger partial charge on any atom is -0.869 e. The topological polar surface area (TPSA) is 40.1 Å². The normalized spacial score (nSPS) is 12.9. The zero-order valence-electron chi connectivity index (χ0n) is 7.99. The van der Waals surface area contributed by atoms with Gasteiger partial charge in [-0.1, -0.05) is 33.8 Å². The van der Waals surface area contributed by atoms with Crippen LogP contribution in [0, 0.1) is 0 Å². The molecule has 14 heavy (non-hydrogen) atoms. The van der Waals surface area contributed by atoms with Crippen LogP contribution in [0.25, 0.3) is 5.76 Å². The molecule has 0 amide bonds. The Kier molecular flexibility index (Phi) is 3.50. The van der Waals surface area contributed by atoms with Crippen LogP contribution in [0.3, 0.4) is 0 Å². The maximum Gasteiger partial charge on any atom is 0.114 e. The van der Waals surface area contributed by atoms with Crippen LogP contribution in [0.4, 0.5) is 0 Å². The molecule has 0 aliphatic carbocycles. The monoisotopic (exact) mass is 274 g/mol. The Morgan fingerprint density at radius 1 is 1.36 bits per heavy atom. The standard InChI is InChI=1S/C10H11BrO2S/c1-14(2,13)7-10(12)8-3-5-9(11)6-4-8/h3-7H,1-2H3. The van der Waals surface area contributed by atoms with Gasteiger partial charge in [0.15, 0.2) is 0 Å². The molecule has 0 saturated heterocycles. The molecule has 76 valence electrons. The molecule has 0 N–H and O–H groups in total. The summed E-state index contributed by atoms with van der Waals surface area (Å²) in [5.41, 5.74) is 0.560. The van der Waals surface area contributed by atoms with Gasteiger partial charge in [0.25, 0.3) is 0 Å². The number of benzene rings is 1. The van der Waals surface area contributed by atoms with Crippen LogP contribution >= 0.6 is 15.9 Å². The quantitative estimate of drug-likeness (QED) is 0.610. The van der Waals surface area contributed by atoms with Crippen LogP contribution in [0.1, 0.15) is 5.56 Å². The summed E-state index contributed by atoms with van der Waals surface area (Å²) in [7, 11) is -2.12. The lowest BCUT2D eigenvalue weighted by Crippen LogP contribution is -2.08.